The molecule has 132 valence electrons. The number of aliphatic hydroxyl groups excluding tert-OH is 1. The number of rotatable bonds is 4. The molecule has 0 saturated carbocycles. The third-order valence-corrected chi connectivity index (χ3v) is 5.48. The maximum atomic E-state index is 12.5. The molecule has 1 aliphatic heterocycles. The standard InChI is InChI=1S/C21H19NO3S/c23-20-11-15(17-13-26-19-9-5-4-8-16(17)19)10-18(25-20)21(24)22-12-14-6-2-1-3-7-14/h1-10,13,15,20,23H,11-12H2,(H,22,24)/t15-,20+/m1/s1. The first kappa shape index (κ1) is 16.8. The highest BCUT2D eigenvalue weighted by molar-refractivity contribution is 7.17. The van der Waals surface area contributed by atoms with Crippen molar-refractivity contribution in [3.8, 4) is 0 Å². The summed E-state index contributed by atoms with van der Waals surface area (Å²) in [5.74, 6) is -0.176. The van der Waals surface area contributed by atoms with Crippen LogP contribution in [0.3, 0.4) is 0 Å². The Balaban J connectivity index is 1.54. The fraction of sp³-hybridized carbons (Fsp3) is 0.190. The van der Waals surface area contributed by atoms with Crippen molar-refractivity contribution in [3.05, 3.63) is 82.9 Å². The van der Waals surface area contributed by atoms with Crippen molar-refractivity contribution in [1.29, 1.82) is 0 Å². The van der Waals surface area contributed by atoms with Crippen LogP contribution >= 0.6 is 11.3 Å². The zero-order valence-electron chi connectivity index (χ0n) is 14.1. The van der Waals surface area contributed by atoms with Crippen molar-refractivity contribution in [1.82, 2.24) is 5.32 Å². The van der Waals surface area contributed by atoms with Crippen LogP contribution in [0.25, 0.3) is 10.1 Å². The summed E-state index contributed by atoms with van der Waals surface area (Å²) in [5.41, 5.74) is 2.14. The molecule has 0 radical (unpaired) electrons. The molecule has 0 bridgehead atoms. The lowest BCUT2D eigenvalue weighted by Crippen LogP contribution is -2.31. The van der Waals surface area contributed by atoms with Crippen molar-refractivity contribution in [2.45, 2.75) is 25.2 Å². The van der Waals surface area contributed by atoms with Crippen LogP contribution < -0.4 is 5.32 Å². The second kappa shape index (κ2) is 7.32. The first-order valence-corrected chi connectivity index (χ1v) is 9.43. The van der Waals surface area contributed by atoms with Gasteiger partial charge in [0.05, 0.1) is 0 Å². The van der Waals surface area contributed by atoms with E-state index < -0.39 is 6.29 Å². The van der Waals surface area contributed by atoms with Gasteiger partial charge in [-0.05, 0) is 34.0 Å². The third kappa shape index (κ3) is 3.49. The smallest absolute Gasteiger partial charge is 0.286 e. The van der Waals surface area contributed by atoms with Crippen molar-refractivity contribution >= 4 is 27.3 Å². The third-order valence-electron chi connectivity index (χ3n) is 4.50. The molecule has 1 aromatic heterocycles. The van der Waals surface area contributed by atoms with Crippen LogP contribution in [0.2, 0.25) is 0 Å². The van der Waals surface area contributed by atoms with Gasteiger partial charge < -0.3 is 15.2 Å². The molecule has 2 atom stereocenters. The van der Waals surface area contributed by atoms with Crippen LogP contribution in [-0.2, 0) is 16.1 Å². The Hall–Kier alpha value is -2.63. The number of nitrogens with one attached hydrogen (secondary N) is 1. The van der Waals surface area contributed by atoms with Crippen LogP contribution in [-0.4, -0.2) is 17.3 Å². The molecule has 0 spiro atoms. The second-order valence-electron chi connectivity index (χ2n) is 6.30. The maximum absolute atomic E-state index is 12.5. The predicted molar refractivity (Wildman–Crippen MR) is 103 cm³/mol. The van der Waals surface area contributed by atoms with E-state index in [4.69, 9.17) is 4.74 Å². The van der Waals surface area contributed by atoms with Gasteiger partial charge in [-0.1, -0.05) is 48.5 Å². The van der Waals surface area contributed by atoms with Crippen molar-refractivity contribution < 1.29 is 14.6 Å². The van der Waals surface area contributed by atoms with Gasteiger partial charge in [-0.3, -0.25) is 4.79 Å². The highest BCUT2D eigenvalue weighted by Gasteiger charge is 2.28. The minimum atomic E-state index is -0.985. The Morgan fingerprint density at radius 2 is 1.92 bits per heavy atom. The Kier molecular flexibility index (Phi) is 4.73. The number of allylic oxidation sites excluding steroid dienone is 1. The lowest BCUT2D eigenvalue weighted by molar-refractivity contribution is -0.131. The topological polar surface area (TPSA) is 58.6 Å². The number of ether oxygens (including phenoxy) is 1. The van der Waals surface area contributed by atoms with E-state index in [-0.39, 0.29) is 17.6 Å². The average Bonchev–Trinajstić information content (AvgIpc) is 3.10. The molecule has 5 heteroatoms. The fourth-order valence-corrected chi connectivity index (χ4v) is 4.22. The van der Waals surface area contributed by atoms with Crippen LogP contribution in [0, 0.1) is 0 Å². The molecule has 2 aromatic carbocycles. The molecule has 2 heterocycles. The summed E-state index contributed by atoms with van der Waals surface area (Å²) in [7, 11) is 0. The fourth-order valence-electron chi connectivity index (χ4n) is 3.20. The molecule has 2 N–H and O–H groups in total. The number of benzene rings is 2. The monoisotopic (exact) mass is 365 g/mol. The van der Waals surface area contributed by atoms with Gasteiger partial charge in [-0.2, -0.15) is 0 Å². The van der Waals surface area contributed by atoms with Crippen molar-refractivity contribution in [2.75, 3.05) is 0 Å². The summed E-state index contributed by atoms with van der Waals surface area (Å²) < 4.78 is 6.59. The van der Waals surface area contributed by atoms with Crippen LogP contribution in [0.1, 0.15) is 23.5 Å². The SMILES string of the molecule is O=C(NCc1ccccc1)C1=C[C@@H](c2csc3ccccc23)C[C@@H](O)O1. The van der Waals surface area contributed by atoms with E-state index in [1.807, 2.05) is 48.5 Å². The molecule has 0 fully saturated rings. The van der Waals surface area contributed by atoms with Gasteiger partial charge in [0.2, 0.25) is 0 Å². The molecule has 3 aromatic rings. The number of carbonyl (C=O) groups excluding carboxylic acids is 1. The van der Waals surface area contributed by atoms with E-state index in [0.717, 1.165) is 16.5 Å². The van der Waals surface area contributed by atoms with Gasteiger partial charge in [-0.15, -0.1) is 11.3 Å². The van der Waals surface area contributed by atoms with Crippen LogP contribution in [0.4, 0.5) is 0 Å². The summed E-state index contributed by atoms with van der Waals surface area (Å²) in [6.45, 7) is 0.419. The van der Waals surface area contributed by atoms with E-state index in [2.05, 4.69) is 22.8 Å². The number of hydrogen-bond donors (Lipinski definition) is 2. The van der Waals surface area contributed by atoms with Crippen molar-refractivity contribution in [3.63, 3.8) is 0 Å². The molecule has 0 aliphatic carbocycles. The average molecular weight is 365 g/mol. The van der Waals surface area contributed by atoms with Crippen molar-refractivity contribution in [2.24, 2.45) is 0 Å². The number of hydrogen-bond acceptors (Lipinski definition) is 4. The van der Waals surface area contributed by atoms with Gasteiger partial charge in [-0.25, -0.2) is 0 Å². The molecule has 1 amide bonds. The largest absolute Gasteiger partial charge is 0.460 e. The number of aliphatic hydroxyl groups is 1. The minimum Gasteiger partial charge on any atom is -0.460 e. The zero-order valence-corrected chi connectivity index (χ0v) is 14.9. The number of carbonyl (C=O) groups is 1. The maximum Gasteiger partial charge on any atom is 0.286 e. The lowest BCUT2D eigenvalue weighted by Gasteiger charge is -2.25. The van der Waals surface area contributed by atoms with Gasteiger partial charge in [0.15, 0.2) is 12.0 Å². The van der Waals surface area contributed by atoms with E-state index >= 15 is 0 Å². The second-order valence-corrected chi connectivity index (χ2v) is 7.21. The molecular weight excluding hydrogens is 346 g/mol. The summed E-state index contributed by atoms with van der Waals surface area (Å²) in [6.07, 6.45) is 1.28. The first-order valence-electron chi connectivity index (χ1n) is 8.55. The van der Waals surface area contributed by atoms with Gasteiger partial charge in [0.1, 0.15) is 0 Å². The van der Waals surface area contributed by atoms with E-state index in [1.54, 1.807) is 11.3 Å². The summed E-state index contributed by atoms with van der Waals surface area (Å²) in [6, 6.07) is 17.9. The normalized spacial score (nSPS) is 19.7. The molecule has 4 nitrogen and oxygen atoms in total. The first-order chi connectivity index (χ1) is 12.7. The number of amides is 1. The van der Waals surface area contributed by atoms with Crippen LogP contribution in [0.15, 0.2) is 71.8 Å². The Morgan fingerprint density at radius 1 is 1.15 bits per heavy atom. The molecule has 0 unspecified atom stereocenters. The van der Waals surface area contributed by atoms with Gasteiger partial charge >= 0.3 is 0 Å². The summed E-state index contributed by atoms with van der Waals surface area (Å²) >= 11 is 1.67. The van der Waals surface area contributed by atoms with Gasteiger partial charge in [0, 0.05) is 23.6 Å². The summed E-state index contributed by atoms with van der Waals surface area (Å²) in [5, 5.41) is 16.2. The number of fused-ring (bicyclic) bond motifs is 1. The van der Waals surface area contributed by atoms with E-state index in [1.165, 1.54) is 4.70 Å². The summed E-state index contributed by atoms with van der Waals surface area (Å²) in [4.78, 5) is 12.5. The molecule has 1 aliphatic rings. The predicted octanol–water partition coefficient (Wildman–Crippen LogP) is 3.92. The Bertz CT molecular complexity index is 948. The van der Waals surface area contributed by atoms with Gasteiger partial charge in [0.25, 0.3) is 5.91 Å². The van der Waals surface area contributed by atoms with E-state index in [0.29, 0.717) is 13.0 Å². The number of thiophene rings is 1. The molecular formula is C21H19NO3S. The molecule has 26 heavy (non-hydrogen) atoms. The lowest BCUT2D eigenvalue weighted by atomic mass is 9.92. The Morgan fingerprint density at radius 3 is 2.77 bits per heavy atom. The zero-order chi connectivity index (χ0) is 17.9. The molecule has 4 rings (SSSR count). The highest BCUT2D eigenvalue weighted by atomic mass is 32.1. The van der Waals surface area contributed by atoms with E-state index in [9.17, 15) is 9.90 Å². The highest BCUT2D eigenvalue weighted by Crippen LogP contribution is 2.37. The van der Waals surface area contributed by atoms with Crippen LogP contribution in [0.5, 0.6) is 0 Å². The molecule has 0 saturated heterocycles. The Labute approximate surface area is 155 Å². The quantitative estimate of drug-likeness (QED) is 0.737. The minimum absolute atomic E-state index is 0.0487.